The van der Waals surface area contributed by atoms with Gasteiger partial charge in [-0.2, -0.15) is 5.10 Å². The first-order chi connectivity index (χ1) is 9.81. The summed E-state index contributed by atoms with van der Waals surface area (Å²) in [5, 5.41) is 8.17. The van der Waals surface area contributed by atoms with Crippen molar-refractivity contribution in [1.82, 2.24) is 20.0 Å². The van der Waals surface area contributed by atoms with Gasteiger partial charge in [-0.15, -0.1) is 0 Å². The van der Waals surface area contributed by atoms with Crippen LogP contribution in [-0.2, 0) is 13.1 Å². The van der Waals surface area contributed by atoms with Crippen LogP contribution in [0.4, 0.5) is 0 Å². The molecule has 0 spiro atoms. The summed E-state index contributed by atoms with van der Waals surface area (Å²) in [6, 6.07) is 1.15. The molecule has 1 fully saturated rings. The van der Waals surface area contributed by atoms with Crippen molar-refractivity contribution in [2.75, 3.05) is 13.1 Å². The van der Waals surface area contributed by atoms with E-state index in [-0.39, 0.29) is 0 Å². The van der Waals surface area contributed by atoms with Crippen molar-refractivity contribution in [2.24, 2.45) is 11.3 Å². The third-order valence-corrected chi connectivity index (χ3v) is 4.67. The van der Waals surface area contributed by atoms with Crippen LogP contribution in [-0.4, -0.2) is 39.9 Å². The zero-order chi connectivity index (χ0) is 15.6. The van der Waals surface area contributed by atoms with Gasteiger partial charge in [-0.3, -0.25) is 9.58 Å². The van der Waals surface area contributed by atoms with Crippen LogP contribution < -0.4 is 5.32 Å². The Kier molecular flexibility index (Phi) is 5.10. The average molecular weight is 292 g/mol. The van der Waals surface area contributed by atoms with Crippen molar-refractivity contribution < 1.29 is 0 Å². The molecular formula is C17H32N4. The van der Waals surface area contributed by atoms with Gasteiger partial charge in [-0.25, -0.2) is 0 Å². The molecule has 2 unspecified atom stereocenters. The number of hydrogen-bond acceptors (Lipinski definition) is 3. The van der Waals surface area contributed by atoms with Crippen molar-refractivity contribution >= 4 is 0 Å². The molecule has 1 N–H and O–H groups in total. The smallest absolute Gasteiger partial charge is 0.0534 e. The minimum absolute atomic E-state index is 0.299. The topological polar surface area (TPSA) is 33.1 Å². The van der Waals surface area contributed by atoms with E-state index in [0.717, 1.165) is 26.2 Å². The molecule has 1 aliphatic heterocycles. The Morgan fingerprint density at radius 3 is 2.62 bits per heavy atom. The highest BCUT2D eigenvalue weighted by Gasteiger charge is 2.35. The monoisotopic (exact) mass is 292 g/mol. The van der Waals surface area contributed by atoms with Crippen LogP contribution >= 0.6 is 0 Å². The lowest BCUT2D eigenvalue weighted by molar-refractivity contribution is 0.0572. The standard InChI is InChI=1S/C17H32N4/c1-7-21-11-14(8-19-21)10-20-12-16(17(4,5)6)18-9-15(20)13(2)3/h8,11,13,15-16,18H,7,9-10,12H2,1-6H3. The molecule has 0 amide bonds. The SMILES string of the molecule is CCn1cc(CN2CC(C(C)(C)C)NCC2C(C)C)cn1. The molecule has 4 heteroatoms. The van der Waals surface area contributed by atoms with Gasteiger partial charge in [0.15, 0.2) is 0 Å². The Balaban J connectivity index is 2.10. The van der Waals surface area contributed by atoms with Gasteiger partial charge in [0.05, 0.1) is 6.20 Å². The number of hydrogen-bond donors (Lipinski definition) is 1. The highest BCUT2D eigenvalue weighted by Crippen LogP contribution is 2.26. The minimum atomic E-state index is 0.299. The summed E-state index contributed by atoms with van der Waals surface area (Å²) in [5.41, 5.74) is 1.63. The lowest BCUT2D eigenvalue weighted by atomic mass is 9.83. The molecule has 1 saturated heterocycles. The van der Waals surface area contributed by atoms with Crippen LogP contribution in [0.1, 0.15) is 47.1 Å². The summed E-state index contributed by atoms with van der Waals surface area (Å²) < 4.78 is 2.02. The van der Waals surface area contributed by atoms with Gasteiger partial charge in [-0.1, -0.05) is 34.6 Å². The van der Waals surface area contributed by atoms with Gasteiger partial charge in [0.2, 0.25) is 0 Å². The van der Waals surface area contributed by atoms with Crippen LogP contribution in [0.3, 0.4) is 0 Å². The molecule has 1 aromatic heterocycles. The maximum absolute atomic E-state index is 4.41. The molecular weight excluding hydrogens is 260 g/mol. The predicted molar refractivity (Wildman–Crippen MR) is 88.2 cm³/mol. The van der Waals surface area contributed by atoms with E-state index in [1.807, 2.05) is 10.9 Å². The largest absolute Gasteiger partial charge is 0.311 e. The molecule has 4 nitrogen and oxygen atoms in total. The summed E-state index contributed by atoms with van der Waals surface area (Å²) >= 11 is 0. The molecule has 21 heavy (non-hydrogen) atoms. The highest BCUT2D eigenvalue weighted by molar-refractivity contribution is 5.05. The zero-order valence-corrected chi connectivity index (χ0v) is 14.6. The number of rotatable bonds is 4. The highest BCUT2D eigenvalue weighted by atomic mass is 15.3. The van der Waals surface area contributed by atoms with Crippen LogP contribution in [0.5, 0.6) is 0 Å². The van der Waals surface area contributed by atoms with Crippen molar-refractivity contribution in [3.05, 3.63) is 18.0 Å². The van der Waals surface area contributed by atoms with Crippen LogP contribution in [0.25, 0.3) is 0 Å². The van der Waals surface area contributed by atoms with Gasteiger partial charge in [0.25, 0.3) is 0 Å². The molecule has 2 rings (SSSR count). The first-order valence-corrected chi connectivity index (χ1v) is 8.30. The second kappa shape index (κ2) is 6.49. The fourth-order valence-electron chi connectivity index (χ4n) is 3.14. The van der Waals surface area contributed by atoms with E-state index in [1.54, 1.807) is 0 Å². The van der Waals surface area contributed by atoms with Crippen LogP contribution in [0.2, 0.25) is 0 Å². The zero-order valence-electron chi connectivity index (χ0n) is 14.6. The van der Waals surface area contributed by atoms with Crippen molar-refractivity contribution in [2.45, 2.75) is 66.7 Å². The van der Waals surface area contributed by atoms with E-state index in [1.165, 1.54) is 5.56 Å². The lowest BCUT2D eigenvalue weighted by Crippen LogP contribution is -2.61. The molecule has 0 bridgehead atoms. The molecule has 1 aliphatic rings. The Morgan fingerprint density at radius 1 is 1.38 bits per heavy atom. The van der Waals surface area contributed by atoms with Crippen LogP contribution in [0.15, 0.2) is 12.4 Å². The number of aryl methyl sites for hydroxylation is 1. The number of aromatic nitrogens is 2. The van der Waals surface area contributed by atoms with Crippen molar-refractivity contribution in [1.29, 1.82) is 0 Å². The third kappa shape index (κ3) is 4.07. The predicted octanol–water partition coefficient (Wildman–Crippen LogP) is 2.75. The maximum Gasteiger partial charge on any atom is 0.0534 e. The Labute approximate surface area is 129 Å². The molecule has 1 aromatic rings. The van der Waals surface area contributed by atoms with E-state index in [2.05, 4.69) is 63.1 Å². The Morgan fingerprint density at radius 2 is 2.10 bits per heavy atom. The molecule has 2 atom stereocenters. The maximum atomic E-state index is 4.41. The first kappa shape index (κ1) is 16.5. The molecule has 0 aliphatic carbocycles. The summed E-state index contributed by atoms with van der Waals surface area (Å²) in [7, 11) is 0. The normalized spacial score (nSPS) is 24.7. The summed E-state index contributed by atoms with van der Waals surface area (Å²) in [4.78, 5) is 2.65. The number of nitrogens with one attached hydrogen (secondary N) is 1. The van der Waals surface area contributed by atoms with E-state index in [0.29, 0.717) is 23.4 Å². The molecule has 0 aromatic carbocycles. The van der Waals surface area contributed by atoms with Crippen molar-refractivity contribution in [3.63, 3.8) is 0 Å². The second-order valence-corrected chi connectivity index (χ2v) is 7.77. The van der Waals surface area contributed by atoms with E-state index < -0.39 is 0 Å². The van der Waals surface area contributed by atoms with Gasteiger partial charge >= 0.3 is 0 Å². The molecule has 120 valence electrons. The average Bonchev–Trinajstić information content (AvgIpc) is 2.85. The number of piperazine rings is 1. The van der Waals surface area contributed by atoms with Gasteiger partial charge in [0, 0.05) is 50.0 Å². The molecule has 2 heterocycles. The lowest BCUT2D eigenvalue weighted by Gasteiger charge is -2.46. The van der Waals surface area contributed by atoms with E-state index in [9.17, 15) is 0 Å². The Bertz CT molecular complexity index is 444. The minimum Gasteiger partial charge on any atom is -0.311 e. The van der Waals surface area contributed by atoms with E-state index >= 15 is 0 Å². The number of nitrogens with zero attached hydrogens (tertiary/aromatic N) is 3. The Hall–Kier alpha value is -0.870. The van der Waals surface area contributed by atoms with Gasteiger partial charge in [0.1, 0.15) is 0 Å². The van der Waals surface area contributed by atoms with Gasteiger partial charge in [-0.05, 0) is 18.3 Å². The fraction of sp³-hybridized carbons (Fsp3) is 0.824. The second-order valence-electron chi connectivity index (χ2n) is 7.77. The van der Waals surface area contributed by atoms with Gasteiger partial charge < -0.3 is 5.32 Å². The first-order valence-electron chi connectivity index (χ1n) is 8.30. The molecule has 0 radical (unpaired) electrons. The summed E-state index contributed by atoms with van der Waals surface area (Å²) in [6.45, 7) is 17.9. The van der Waals surface area contributed by atoms with Crippen LogP contribution in [0, 0.1) is 11.3 Å². The molecule has 0 saturated carbocycles. The summed E-state index contributed by atoms with van der Waals surface area (Å²) in [6.07, 6.45) is 4.21. The fourth-order valence-corrected chi connectivity index (χ4v) is 3.14. The summed E-state index contributed by atoms with van der Waals surface area (Å²) in [5.74, 6) is 0.666. The third-order valence-electron chi connectivity index (χ3n) is 4.67. The quantitative estimate of drug-likeness (QED) is 0.926. The van der Waals surface area contributed by atoms with E-state index in [4.69, 9.17) is 0 Å². The van der Waals surface area contributed by atoms with Crippen molar-refractivity contribution in [3.8, 4) is 0 Å².